The zero-order valence-electron chi connectivity index (χ0n) is 33.6. The molecule has 14 aromatic rings. The Morgan fingerprint density at radius 1 is 0.333 bits per heavy atom. The molecule has 0 radical (unpaired) electrons. The molecule has 0 N–H and O–H groups in total. The summed E-state index contributed by atoms with van der Waals surface area (Å²) >= 11 is 0. The second kappa shape index (κ2) is 12.9. The average molecular weight is 805 g/mol. The van der Waals surface area contributed by atoms with Crippen LogP contribution >= 0.6 is 0 Å². The van der Waals surface area contributed by atoms with Gasteiger partial charge in [-0.3, -0.25) is 0 Å². The summed E-state index contributed by atoms with van der Waals surface area (Å²) in [5, 5.41) is 13.3. The molecule has 0 aliphatic heterocycles. The lowest BCUT2D eigenvalue weighted by atomic mass is 9.99. The van der Waals surface area contributed by atoms with Crippen LogP contribution in [-0.2, 0) is 0 Å². The standard InChI is InChI=1S/C57H32N4O2/c1-2-14-34-29-37(28-27-33(34)13-1)55-58-56(60-57(59-55)44-23-11-21-42-40-19-8-10-25-49(40)63-54(42)44)43-22-12-26-50-53(43)52-41-20-6-5-17-38(41)48(32-51(52)62-50)61-46-24-9-7-18-39(46)45-30-35-15-3-4-16-36(35)31-47(45)61/h1-32H. The van der Waals surface area contributed by atoms with Crippen LogP contribution in [0.15, 0.2) is 203 Å². The van der Waals surface area contributed by atoms with E-state index in [9.17, 15) is 0 Å². The molecule has 6 nitrogen and oxygen atoms in total. The minimum Gasteiger partial charge on any atom is -0.456 e. The molecule has 0 bridgehead atoms. The zero-order chi connectivity index (χ0) is 41.2. The largest absolute Gasteiger partial charge is 0.456 e. The predicted octanol–water partition coefficient (Wildman–Crippen LogP) is 15.2. The van der Waals surface area contributed by atoms with Crippen LogP contribution in [-0.4, -0.2) is 19.5 Å². The summed E-state index contributed by atoms with van der Waals surface area (Å²) < 4.78 is 15.9. The van der Waals surface area contributed by atoms with E-state index in [0.29, 0.717) is 17.5 Å². The van der Waals surface area contributed by atoms with Crippen molar-refractivity contribution in [3.8, 4) is 39.9 Å². The molecule has 4 aromatic heterocycles. The van der Waals surface area contributed by atoms with Crippen molar-refractivity contribution in [3.05, 3.63) is 194 Å². The third-order valence-corrected chi connectivity index (χ3v) is 12.8. The van der Waals surface area contributed by atoms with Gasteiger partial charge in [-0.2, -0.15) is 0 Å². The van der Waals surface area contributed by atoms with Crippen molar-refractivity contribution < 1.29 is 8.83 Å². The van der Waals surface area contributed by atoms with E-state index in [1.165, 1.54) is 21.5 Å². The Bertz CT molecular complexity index is 4230. The van der Waals surface area contributed by atoms with Gasteiger partial charge < -0.3 is 13.4 Å². The molecule has 0 amide bonds. The smallest absolute Gasteiger partial charge is 0.167 e. The maximum Gasteiger partial charge on any atom is 0.167 e. The van der Waals surface area contributed by atoms with Crippen LogP contribution in [0.25, 0.3) is 138 Å². The van der Waals surface area contributed by atoms with Gasteiger partial charge in [-0.25, -0.2) is 15.0 Å². The van der Waals surface area contributed by atoms with Gasteiger partial charge in [-0.15, -0.1) is 0 Å². The molecule has 6 heteroatoms. The maximum atomic E-state index is 6.93. The quantitative estimate of drug-likeness (QED) is 0.177. The monoisotopic (exact) mass is 804 g/mol. The van der Waals surface area contributed by atoms with Crippen molar-refractivity contribution in [1.82, 2.24) is 19.5 Å². The highest BCUT2D eigenvalue weighted by Crippen LogP contribution is 2.45. The van der Waals surface area contributed by atoms with Crippen molar-refractivity contribution in [2.24, 2.45) is 0 Å². The first kappa shape index (κ1) is 34.1. The molecule has 4 heterocycles. The number of nitrogens with zero attached hydrogens (tertiary/aromatic N) is 4. The van der Waals surface area contributed by atoms with Crippen molar-refractivity contribution in [1.29, 1.82) is 0 Å². The molecule has 292 valence electrons. The number of para-hydroxylation sites is 3. The molecule has 0 unspecified atom stereocenters. The van der Waals surface area contributed by atoms with Crippen LogP contribution in [0, 0.1) is 0 Å². The highest BCUT2D eigenvalue weighted by molar-refractivity contribution is 6.25. The van der Waals surface area contributed by atoms with E-state index in [1.807, 2.05) is 42.5 Å². The minimum atomic E-state index is 0.531. The van der Waals surface area contributed by atoms with E-state index in [0.717, 1.165) is 98.8 Å². The van der Waals surface area contributed by atoms with E-state index in [1.54, 1.807) is 0 Å². The van der Waals surface area contributed by atoms with Gasteiger partial charge in [0.15, 0.2) is 17.5 Å². The van der Waals surface area contributed by atoms with Crippen LogP contribution in [0.4, 0.5) is 0 Å². The number of rotatable bonds is 4. The topological polar surface area (TPSA) is 69.9 Å². The Morgan fingerprint density at radius 3 is 1.81 bits per heavy atom. The molecule has 14 rings (SSSR count). The van der Waals surface area contributed by atoms with Gasteiger partial charge in [0.25, 0.3) is 0 Å². The molecule has 0 fully saturated rings. The van der Waals surface area contributed by atoms with Gasteiger partial charge in [-0.1, -0.05) is 146 Å². The van der Waals surface area contributed by atoms with Crippen LogP contribution in [0.2, 0.25) is 0 Å². The first-order valence-corrected chi connectivity index (χ1v) is 21.2. The molecule has 0 atom stereocenters. The van der Waals surface area contributed by atoms with Gasteiger partial charge in [0.2, 0.25) is 0 Å². The number of hydrogen-bond donors (Lipinski definition) is 0. The lowest BCUT2D eigenvalue weighted by Gasteiger charge is -2.13. The highest BCUT2D eigenvalue weighted by Gasteiger charge is 2.24. The van der Waals surface area contributed by atoms with Gasteiger partial charge >= 0.3 is 0 Å². The first-order valence-electron chi connectivity index (χ1n) is 21.2. The molecule has 0 spiro atoms. The van der Waals surface area contributed by atoms with E-state index in [4.69, 9.17) is 23.8 Å². The van der Waals surface area contributed by atoms with Crippen molar-refractivity contribution >= 4 is 98.0 Å². The van der Waals surface area contributed by atoms with Gasteiger partial charge in [0.1, 0.15) is 22.3 Å². The average Bonchev–Trinajstić information content (AvgIpc) is 4.02. The third-order valence-electron chi connectivity index (χ3n) is 12.8. The summed E-state index contributed by atoms with van der Waals surface area (Å²) in [6.45, 7) is 0. The zero-order valence-corrected chi connectivity index (χ0v) is 33.6. The van der Waals surface area contributed by atoms with Crippen LogP contribution in [0.1, 0.15) is 0 Å². The molecule has 0 saturated heterocycles. The SMILES string of the molecule is c1ccc2cc(-c3nc(-c4cccc5c4oc4ccccc45)nc(-c4cccc5oc6cc(-n7c8ccccc8c8cc9ccccc9cc87)c7ccccc7c6c45)n3)ccc2c1. The number of furan rings is 2. The minimum absolute atomic E-state index is 0.531. The fourth-order valence-electron chi connectivity index (χ4n) is 9.95. The Balaban J connectivity index is 1.05. The molecular weight excluding hydrogens is 773 g/mol. The van der Waals surface area contributed by atoms with Gasteiger partial charge in [0.05, 0.1) is 22.3 Å². The van der Waals surface area contributed by atoms with E-state index in [-0.39, 0.29) is 0 Å². The molecule has 0 aliphatic rings. The highest BCUT2D eigenvalue weighted by atomic mass is 16.3. The molecular formula is C57H32N4O2. The summed E-state index contributed by atoms with van der Waals surface area (Å²) in [7, 11) is 0. The molecule has 10 aromatic carbocycles. The number of fused-ring (bicyclic) bond motifs is 13. The Morgan fingerprint density at radius 2 is 0.952 bits per heavy atom. The second-order valence-corrected chi connectivity index (χ2v) is 16.3. The summed E-state index contributed by atoms with van der Waals surface area (Å²) in [4.78, 5) is 15.8. The fourth-order valence-corrected chi connectivity index (χ4v) is 9.95. The lowest BCUT2D eigenvalue weighted by Crippen LogP contribution is -2.01. The number of hydrogen-bond acceptors (Lipinski definition) is 5. The van der Waals surface area contributed by atoms with E-state index in [2.05, 4.69) is 156 Å². The second-order valence-electron chi connectivity index (χ2n) is 16.3. The lowest BCUT2D eigenvalue weighted by molar-refractivity contribution is 0.668. The summed E-state index contributed by atoms with van der Waals surface area (Å²) in [5.41, 5.74) is 9.00. The van der Waals surface area contributed by atoms with Gasteiger partial charge in [-0.05, 0) is 69.4 Å². The van der Waals surface area contributed by atoms with E-state index < -0.39 is 0 Å². The summed E-state index contributed by atoms with van der Waals surface area (Å²) in [5.74, 6) is 1.65. The molecule has 63 heavy (non-hydrogen) atoms. The Kier molecular flexibility index (Phi) is 7.02. The Hall–Kier alpha value is -8.61. The Labute approximate surface area is 358 Å². The van der Waals surface area contributed by atoms with Gasteiger partial charge in [0, 0.05) is 54.9 Å². The summed E-state index contributed by atoms with van der Waals surface area (Å²) in [6.07, 6.45) is 0. The van der Waals surface area contributed by atoms with Crippen LogP contribution < -0.4 is 0 Å². The molecule has 0 saturated carbocycles. The fraction of sp³-hybridized carbons (Fsp3) is 0. The number of benzene rings is 10. The maximum absolute atomic E-state index is 6.93. The predicted molar refractivity (Wildman–Crippen MR) is 258 cm³/mol. The van der Waals surface area contributed by atoms with Crippen molar-refractivity contribution in [3.63, 3.8) is 0 Å². The first-order chi connectivity index (χ1) is 31.2. The van der Waals surface area contributed by atoms with Crippen LogP contribution in [0.5, 0.6) is 0 Å². The van der Waals surface area contributed by atoms with E-state index >= 15 is 0 Å². The molecule has 0 aliphatic carbocycles. The van der Waals surface area contributed by atoms with Crippen LogP contribution in [0.3, 0.4) is 0 Å². The van der Waals surface area contributed by atoms with Crippen molar-refractivity contribution in [2.45, 2.75) is 0 Å². The third kappa shape index (κ3) is 5.03. The normalized spacial score (nSPS) is 12.1. The number of aromatic nitrogens is 4. The van der Waals surface area contributed by atoms with Crippen molar-refractivity contribution in [2.75, 3.05) is 0 Å². The summed E-state index contributed by atoms with van der Waals surface area (Å²) in [6, 6.07) is 68.0.